The molecule has 11 atom stereocenters. The van der Waals surface area contributed by atoms with E-state index in [1.807, 2.05) is 0 Å². The van der Waals surface area contributed by atoms with Crippen LogP contribution in [0, 0.1) is 0 Å². The van der Waals surface area contributed by atoms with Crippen LogP contribution in [-0.4, -0.2) is 170 Å². The summed E-state index contributed by atoms with van der Waals surface area (Å²) < 4.78 is 80.3. The van der Waals surface area contributed by atoms with Crippen LogP contribution in [0.4, 0.5) is 0 Å². The molecule has 0 aliphatic carbocycles. The Morgan fingerprint density at radius 2 is 1.19 bits per heavy atom. The molecule has 2 aliphatic heterocycles. The number of methoxy groups -OCH3 is 11. The van der Waals surface area contributed by atoms with Gasteiger partial charge in [-0.1, -0.05) is 0 Å². The minimum atomic E-state index is -2.32. The summed E-state index contributed by atoms with van der Waals surface area (Å²) in [5.74, 6) is -6.15. The zero-order valence-corrected chi connectivity index (χ0v) is 26.8. The third-order valence-corrected chi connectivity index (χ3v) is 7.81. The number of carbonyl (C=O) groups excluding carboxylic acids is 2. The maximum Gasteiger partial charge on any atom is 0.369 e. The van der Waals surface area contributed by atoms with Gasteiger partial charge in [-0.15, -0.1) is 0 Å². The molecule has 43 heavy (non-hydrogen) atoms. The lowest BCUT2D eigenvalue weighted by molar-refractivity contribution is -0.400. The summed E-state index contributed by atoms with van der Waals surface area (Å²) in [6.07, 6.45) is -9.07. The van der Waals surface area contributed by atoms with Crippen molar-refractivity contribution in [1.82, 2.24) is 0 Å². The Kier molecular flexibility index (Phi) is 15.1. The van der Waals surface area contributed by atoms with E-state index in [1.54, 1.807) is 0 Å². The lowest BCUT2D eigenvalue weighted by Gasteiger charge is -2.54. The molecule has 16 nitrogen and oxygen atoms in total. The van der Waals surface area contributed by atoms with Crippen molar-refractivity contribution in [3.63, 3.8) is 0 Å². The second-order valence-electron chi connectivity index (χ2n) is 9.85. The van der Waals surface area contributed by atoms with Gasteiger partial charge in [0.05, 0.1) is 33.5 Å². The monoisotopic (exact) mass is 628 g/mol. The molecule has 0 bridgehead atoms. The van der Waals surface area contributed by atoms with E-state index >= 15 is 0 Å². The zero-order valence-electron chi connectivity index (χ0n) is 26.8. The molecule has 2 saturated heterocycles. The summed E-state index contributed by atoms with van der Waals surface area (Å²) in [5, 5.41) is 0. The number of esters is 2. The molecular formula is C27H48O16. The molecule has 0 spiro atoms. The third kappa shape index (κ3) is 7.48. The van der Waals surface area contributed by atoms with E-state index in [9.17, 15) is 9.59 Å². The summed E-state index contributed by atoms with van der Waals surface area (Å²) in [4.78, 5) is 27.0. The van der Waals surface area contributed by atoms with E-state index in [-0.39, 0.29) is 19.6 Å². The van der Waals surface area contributed by atoms with Gasteiger partial charge in [-0.25, -0.2) is 9.59 Å². The molecule has 2 heterocycles. The van der Waals surface area contributed by atoms with Gasteiger partial charge in [0.15, 0.2) is 6.10 Å². The van der Waals surface area contributed by atoms with Crippen LogP contribution in [-0.2, 0) is 75.9 Å². The Hall–Kier alpha value is -1.54. The number of carbonyl (C=O) groups is 2. The van der Waals surface area contributed by atoms with Crippen molar-refractivity contribution in [2.45, 2.75) is 72.9 Å². The van der Waals surface area contributed by atoms with E-state index in [1.165, 1.54) is 78.2 Å². The Labute approximate surface area is 252 Å². The SMILES string of the molecule is COC[C@@H](OC)[C@H]1O[C@@](O[C@@H]2C[C@](OC)(C(=O)OC)O[C@H]([C@@H](COC)OC)[C@@H]2OC)(C(=O)OC)[C@@H](OC)[C@@H](OC)[C@H]1OC. The quantitative estimate of drug-likeness (QED) is 0.186. The fraction of sp³-hybridized carbons (Fsp3) is 0.926. The fourth-order valence-corrected chi connectivity index (χ4v) is 5.72. The smallest absolute Gasteiger partial charge is 0.369 e. The van der Waals surface area contributed by atoms with Gasteiger partial charge in [0.25, 0.3) is 11.6 Å². The summed E-state index contributed by atoms with van der Waals surface area (Å²) >= 11 is 0. The highest BCUT2D eigenvalue weighted by Gasteiger charge is 2.67. The second-order valence-corrected chi connectivity index (χ2v) is 9.85. The lowest BCUT2D eigenvalue weighted by Crippen LogP contribution is -2.74. The van der Waals surface area contributed by atoms with E-state index in [0.29, 0.717) is 0 Å². The standard InChI is InChI=1S/C27H48O16/c1-30-13-16(32-3)19-18(34-5)15(12-26(40-11,42-19)24(28)38-9)41-27(25(29)39-10)23(37-8)22(36-7)21(35-6)20(43-27)17(33-4)14-31-2/h15-23H,12-14H2,1-11H3/t15-,16-,17-,18-,19-,20-,21+,22+,23+,26-,27-/m1/s1. The van der Waals surface area contributed by atoms with Crippen molar-refractivity contribution in [1.29, 1.82) is 0 Å². The van der Waals surface area contributed by atoms with Crippen molar-refractivity contribution < 1.29 is 75.9 Å². The fourth-order valence-electron chi connectivity index (χ4n) is 5.72. The molecule has 0 radical (unpaired) electrons. The predicted octanol–water partition coefficient (Wildman–Crippen LogP) is -0.673. The molecule has 0 aromatic rings. The molecule has 2 fully saturated rings. The first-order valence-corrected chi connectivity index (χ1v) is 13.5. The largest absolute Gasteiger partial charge is 0.465 e. The molecule has 0 unspecified atom stereocenters. The second kappa shape index (κ2) is 17.2. The van der Waals surface area contributed by atoms with Gasteiger partial charge >= 0.3 is 11.9 Å². The minimum absolute atomic E-state index is 0.0456. The van der Waals surface area contributed by atoms with Gasteiger partial charge in [-0.3, -0.25) is 0 Å². The van der Waals surface area contributed by atoms with Crippen LogP contribution in [0.5, 0.6) is 0 Å². The van der Waals surface area contributed by atoms with Gasteiger partial charge in [-0.05, 0) is 0 Å². The van der Waals surface area contributed by atoms with Crippen LogP contribution < -0.4 is 0 Å². The first-order valence-electron chi connectivity index (χ1n) is 13.5. The van der Waals surface area contributed by atoms with Crippen LogP contribution in [0.2, 0.25) is 0 Å². The molecular weight excluding hydrogens is 580 g/mol. The number of hydrogen-bond donors (Lipinski definition) is 0. The molecule has 2 rings (SSSR count). The lowest BCUT2D eigenvalue weighted by atomic mass is 9.87. The molecule has 16 heteroatoms. The van der Waals surface area contributed by atoms with Crippen LogP contribution >= 0.6 is 0 Å². The third-order valence-electron chi connectivity index (χ3n) is 7.81. The highest BCUT2D eigenvalue weighted by molar-refractivity contribution is 5.79. The summed E-state index contributed by atoms with van der Waals surface area (Å²) in [6.45, 7) is 0.109. The van der Waals surface area contributed by atoms with Crippen LogP contribution in [0.3, 0.4) is 0 Å². The minimum Gasteiger partial charge on any atom is -0.465 e. The molecule has 0 aromatic carbocycles. The van der Waals surface area contributed by atoms with Gasteiger partial charge in [0.1, 0.15) is 42.7 Å². The molecule has 0 N–H and O–H groups in total. The van der Waals surface area contributed by atoms with Crippen LogP contribution in [0.15, 0.2) is 0 Å². The maximum absolute atomic E-state index is 13.8. The van der Waals surface area contributed by atoms with Crippen molar-refractivity contribution in [2.75, 3.05) is 91.4 Å². The summed E-state index contributed by atoms with van der Waals surface area (Å²) in [7, 11) is 15.1. The van der Waals surface area contributed by atoms with Gasteiger partial charge in [0, 0.05) is 70.4 Å². The Morgan fingerprint density at radius 3 is 1.58 bits per heavy atom. The number of hydrogen-bond acceptors (Lipinski definition) is 16. The van der Waals surface area contributed by atoms with Crippen LogP contribution in [0.1, 0.15) is 6.42 Å². The topological polar surface area (TPSA) is 163 Å². The van der Waals surface area contributed by atoms with Crippen LogP contribution in [0.25, 0.3) is 0 Å². The first kappa shape index (κ1) is 37.6. The molecule has 252 valence electrons. The molecule has 0 amide bonds. The average Bonchev–Trinajstić information content (AvgIpc) is 3.03. The molecule has 2 aliphatic rings. The number of ether oxygens (including phenoxy) is 14. The van der Waals surface area contributed by atoms with Crippen molar-refractivity contribution >= 4 is 11.9 Å². The first-order chi connectivity index (χ1) is 20.6. The summed E-state index contributed by atoms with van der Waals surface area (Å²) in [6, 6.07) is 0. The van der Waals surface area contributed by atoms with E-state index in [4.69, 9.17) is 66.3 Å². The summed E-state index contributed by atoms with van der Waals surface area (Å²) in [5.41, 5.74) is 0. The van der Waals surface area contributed by atoms with E-state index in [2.05, 4.69) is 0 Å². The Morgan fingerprint density at radius 1 is 0.674 bits per heavy atom. The van der Waals surface area contributed by atoms with Gasteiger partial charge in [0.2, 0.25) is 0 Å². The van der Waals surface area contributed by atoms with Gasteiger partial charge < -0.3 is 66.3 Å². The maximum atomic E-state index is 13.8. The van der Waals surface area contributed by atoms with Crippen molar-refractivity contribution in [2.24, 2.45) is 0 Å². The number of rotatable bonds is 17. The molecule has 0 saturated carbocycles. The Balaban J connectivity index is 2.79. The highest BCUT2D eigenvalue weighted by atomic mass is 16.8. The van der Waals surface area contributed by atoms with E-state index in [0.717, 1.165) is 0 Å². The van der Waals surface area contributed by atoms with Gasteiger partial charge in [-0.2, -0.15) is 0 Å². The molecule has 0 aromatic heterocycles. The van der Waals surface area contributed by atoms with Crippen molar-refractivity contribution in [3.8, 4) is 0 Å². The predicted molar refractivity (Wildman–Crippen MR) is 144 cm³/mol. The van der Waals surface area contributed by atoms with E-state index < -0.39 is 78.4 Å². The Bertz CT molecular complexity index is 861. The van der Waals surface area contributed by atoms with Crippen molar-refractivity contribution in [3.05, 3.63) is 0 Å². The highest BCUT2D eigenvalue weighted by Crippen LogP contribution is 2.43. The normalized spacial score (nSPS) is 36.1. The zero-order chi connectivity index (χ0) is 32.4. The average molecular weight is 629 g/mol.